The lowest BCUT2D eigenvalue weighted by Crippen LogP contribution is -2.16. The molecule has 37 heavy (non-hydrogen) atoms. The van der Waals surface area contributed by atoms with Crippen LogP contribution in [0, 0.1) is 17.7 Å². The quantitative estimate of drug-likeness (QED) is 0.197. The van der Waals surface area contributed by atoms with E-state index in [1.165, 1.54) is 87.3 Å². The van der Waals surface area contributed by atoms with Crippen LogP contribution in [-0.2, 0) is 32.1 Å². The molecule has 0 heterocycles. The van der Waals surface area contributed by atoms with Crippen molar-refractivity contribution in [1.82, 2.24) is 0 Å². The average Bonchev–Trinajstić information content (AvgIpc) is 2.92. The van der Waals surface area contributed by atoms with Crippen LogP contribution < -0.4 is 0 Å². The zero-order valence-corrected chi connectivity index (χ0v) is 23.4. The summed E-state index contributed by atoms with van der Waals surface area (Å²) in [5, 5.41) is 0.742. The lowest BCUT2D eigenvalue weighted by atomic mass is 9.77. The van der Waals surface area contributed by atoms with Gasteiger partial charge in [-0.1, -0.05) is 106 Å². The van der Waals surface area contributed by atoms with Gasteiger partial charge in [-0.3, -0.25) is 0 Å². The van der Waals surface area contributed by atoms with Crippen LogP contribution in [0.25, 0.3) is 0 Å². The Labute approximate surface area is 229 Å². The van der Waals surface area contributed by atoms with E-state index in [4.69, 9.17) is 11.6 Å². The molecule has 0 atom stereocenters. The van der Waals surface area contributed by atoms with E-state index in [0.717, 1.165) is 47.2 Å². The molecule has 0 radical (unpaired) electrons. The molecule has 2 heteroatoms. The fourth-order valence-electron chi connectivity index (χ4n) is 5.88. The predicted octanol–water partition coefficient (Wildman–Crippen LogP) is 10.4. The molecule has 0 spiro atoms. The zero-order valence-electron chi connectivity index (χ0n) is 22.7. The molecule has 0 aromatic heterocycles. The minimum absolute atomic E-state index is 0.0517. The summed E-state index contributed by atoms with van der Waals surface area (Å²) in [6, 6.07) is 23.2. The van der Waals surface area contributed by atoms with E-state index in [2.05, 4.69) is 37.3 Å². The fraction of sp³-hybridized carbons (Fsp3) is 0.486. The van der Waals surface area contributed by atoms with E-state index >= 15 is 0 Å². The van der Waals surface area contributed by atoms with E-state index < -0.39 is 0 Å². The van der Waals surface area contributed by atoms with Crippen molar-refractivity contribution in [3.63, 3.8) is 0 Å². The third kappa shape index (κ3) is 9.29. The van der Waals surface area contributed by atoms with Crippen molar-refractivity contribution in [2.45, 2.75) is 96.8 Å². The highest BCUT2D eigenvalue weighted by atomic mass is 35.5. The standard InChI is InChI=1S/C35H44ClF/c1-2-3-4-5-27-6-8-28(9-7-27)10-11-29-12-14-30(15-13-29)16-17-32-19-23-33(35(37)26-32)22-18-31-20-24-34(36)25-21-31/h6-9,19-21,23-26,29-30H,2-5,10-18,22H2,1H3/t29-,30-. The Morgan fingerprint density at radius 1 is 0.622 bits per heavy atom. The summed E-state index contributed by atoms with van der Waals surface area (Å²) in [6.07, 6.45) is 16.8. The zero-order chi connectivity index (χ0) is 25.9. The summed E-state index contributed by atoms with van der Waals surface area (Å²) in [5.74, 6) is 1.62. The smallest absolute Gasteiger partial charge is 0.126 e. The third-order valence-corrected chi connectivity index (χ3v) is 8.71. The first kappa shape index (κ1) is 27.9. The molecule has 1 aliphatic carbocycles. The van der Waals surface area contributed by atoms with Crippen LogP contribution in [0.1, 0.15) is 92.5 Å². The Kier molecular flexibility index (Phi) is 11.1. The molecular weight excluding hydrogens is 475 g/mol. The Hall–Kier alpha value is -2.12. The minimum Gasteiger partial charge on any atom is -0.207 e. The lowest BCUT2D eigenvalue weighted by Gasteiger charge is -2.28. The molecule has 0 unspecified atom stereocenters. The maximum atomic E-state index is 14.7. The molecule has 3 aromatic rings. The molecule has 0 bridgehead atoms. The van der Waals surface area contributed by atoms with Gasteiger partial charge in [-0.15, -0.1) is 0 Å². The molecule has 1 fully saturated rings. The lowest BCUT2D eigenvalue weighted by molar-refractivity contribution is 0.253. The van der Waals surface area contributed by atoms with Gasteiger partial charge in [0, 0.05) is 5.02 Å². The largest absolute Gasteiger partial charge is 0.207 e. The van der Waals surface area contributed by atoms with Gasteiger partial charge in [0.25, 0.3) is 0 Å². The Morgan fingerprint density at radius 2 is 1.14 bits per heavy atom. The van der Waals surface area contributed by atoms with Gasteiger partial charge in [-0.05, 0) is 109 Å². The number of aryl methyl sites for hydroxylation is 5. The average molecular weight is 519 g/mol. The number of rotatable bonds is 13. The van der Waals surface area contributed by atoms with Gasteiger partial charge in [0.2, 0.25) is 0 Å². The summed E-state index contributed by atoms with van der Waals surface area (Å²) in [7, 11) is 0. The highest BCUT2D eigenvalue weighted by Crippen LogP contribution is 2.34. The normalized spacial score (nSPS) is 17.7. The molecule has 4 rings (SSSR count). The van der Waals surface area contributed by atoms with E-state index in [-0.39, 0.29) is 5.82 Å². The first-order valence-electron chi connectivity index (χ1n) is 14.7. The Balaban J connectivity index is 1.13. The van der Waals surface area contributed by atoms with Gasteiger partial charge in [0.1, 0.15) is 5.82 Å². The number of benzene rings is 3. The number of hydrogen-bond donors (Lipinski definition) is 0. The SMILES string of the molecule is CCCCCc1ccc(CC[C@H]2CC[C@H](CCc3ccc(CCc4ccc(Cl)cc4)c(F)c3)CC2)cc1. The van der Waals surface area contributed by atoms with Crippen molar-refractivity contribution >= 4 is 11.6 Å². The predicted molar refractivity (Wildman–Crippen MR) is 157 cm³/mol. The Morgan fingerprint density at radius 3 is 1.73 bits per heavy atom. The van der Waals surface area contributed by atoms with E-state index in [0.29, 0.717) is 0 Å². The van der Waals surface area contributed by atoms with Crippen LogP contribution in [0.5, 0.6) is 0 Å². The van der Waals surface area contributed by atoms with Crippen molar-refractivity contribution in [3.8, 4) is 0 Å². The molecule has 1 aliphatic rings. The van der Waals surface area contributed by atoms with E-state index in [1.54, 1.807) is 6.07 Å². The second kappa shape index (κ2) is 14.7. The van der Waals surface area contributed by atoms with Crippen molar-refractivity contribution in [2.75, 3.05) is 0 Å². The first-order valence-corrected chi connectivity index (χ1v) is 15.1. The molecule has 0 N–H and O–H groups in total. The van der Waals surface area contributed by atoms with Crippen molar-refractivity contribution < 1.29 is 4.39 Å². The molecule has 3 aromatic carbocycles. The molecule has 198 valence electrons. The molecule has 0 nitrogen and oxygen atoms in total. The molecule has 0 aliphatic heterocycles. The Bertz CT molecular complexity index is 1060. The topological polar surface area (TPSA) is 0 Å². The van der Waals surface area contributed by atoms with E-state index in [1.807, 2.05) is 30.3 Å². The number of unbranched alkanes of at least 4 members (excludes halogenated alkanes) is 2. The second-order valence-corrected chi connectivity index (χ2v) is 11.7. The highest BCUT2D eigenvalue weighted by Gasteiger charge is 2.21. The highest BCUT2D eigenvalue weighted by molar-refractivity contribution is 6.30. The van der Waals surface area contributed by atoms with Crippen LogP contribution in [0.15, 0.2) is 66.7 Å². The van der Waals surface area contributed by atoms with Gasteiger partial charge < -0.3 is 0 Å². The van der Waals surface area contributed by atoms with E-state index in [9.17, 15) is 4.39 Å². The minimum atomic E-state index is -0.0517. The van der Waals surface area contributed by atoms with Crippen molar-refractivity contribution in [3.05, 3.63) is 105 Å². The summed E-state index contributed by atoms with van der Waals surface area (Å²) in [4.78, 5) is 0. The fourth-order valence-corrected chi connectivity index (χ4v) is 6.01. The van der Waals surface area contributed by atoms with Crippen LogP contribution in [0.2, 0.25) is 5.02 Å². The summed E-state index contributed by atoms with van der Waals surface area (Å²) in [6.45, 7) is 2.27. The summed E-state index contributed by atoms with van der Waals surface area (Å²) >= 11 is 5.96. The van der Waals surface area contributed by atoms with Gasteiger partial charge in [0.15, 0.2) is 0 Å². The first-order chi connectivity index (χ1) is 18.1. The van der Waals surface area contributed by atoms with Crippen LogP contribution in [0.4, 0.5) is 4.39 Å². The summed E-state index contributed by atoms with van der Waals surface area (Å²) in [5.41, 5.74) is 6.14. The van der Waals surface area contributed by atoms with Gasteiger partial charge in [-0.25, -0.2) is 4.39 Å². The molecule has 0 saturated heterocycles. The molecular formula is C35H44ClF. The molecule has 0 amide bonds. The van der Waals surface area contributed by atoms with Crippen LogP contribution in [0.3, 0.4) is 0 Å². The maximum Gasteiger partial charge on any atom is 0.126 e. The van der Waals surface area contributed by atoms with Crippen molar-refractivity contribution in [1.29, 1.82) is 0 Å². The van der Waals surface area contributed by atoms with Gasteiger partial charge in [0.05, 0.1) is 0 Å². The van der Waals surface area contributed by atoms with Crippen molar-refractivity contribution in [2.24, 2.45) is 11.8 Å². The van der Waals surface area contributed by atoms with Crippen LogP contribution >= 0.6 is 11.6 Å². The molecule has 1 saturated carbocycles. The van der Waals surface area contributed by atoms with Crippen LogP contribution in [-0.4, -0.2) is 0 Å². The maximum absolute atomic E-state index is 14.7. The third-order valence-electron chi connectivity index (χ3n) is 8.45. The number of hydrogen-bond acceptors (Lipinski definition) is 0. The monoisotopic (exact) mass is 518 g/mol. The summed E-state index contributed by atoms with van der Waals surface area (Å²) < 4.78 is 14.7. The van der Waals surface area contributed by atoms with Gasteiger partial charge >= 0.3 is 0 Å². The second-order valence-electron chi connectivity index (χ2n) is 11.3. The number of halogens is 2. The van der Waals surface area contributed by atoms with Gasteiger partial charge in [-0.2, -0.15) is 0 Å².